The van der Waals surface area contributed by atoms with E-state index in [0.717, 1.165) is 23.4 Å². The minimum atomic E-state index is -0.291. The second-order valence-corrected chi connectivity index (χ2v) is 5.64. The average molecular weight is 302 g/mol. The molecule has 0 saturated carbocycles. The van der Waals surface area contributed by atoms with Crippen LogP contribution >= 0.6 is 0 Å². The van der Waals surface area contributed by atoms with E-state index in [0.29, 0.717) is 18.8 Å². The maximum Gasteiger partial charge on any atom is 0.290 e. The van der Waals surface area contributed by atoms with Gasteiger partial charge in [-0.05, 0) is 37.6 Å². The molecule has 0 radical (unpaired) electrons. The fourth-order valence-electron chi connectivity index (χ4n) is 2.94. The standard InChI is InChI=1S/C17H19FN2O2/c1-11-8-12(2)22-16(11)17(21)20-7-6-19-10-15(20)13-4-3-5-14(18)9-13/h3-5,8-9,15,19H,6-7,10H2,1-2H3. The first-order chi connectivity index (χ1) is 10.6. The van der Waals surface area contributed by atoms with Crippen LogP contribution in [0.2, 0.25) is 0 Å². The molecule has 2 heterocycles. The molecule has 2 aromatic rings. The first-order valence-corrected chi connectivity index (χ1v) is 7.40. The predicted octanol–water partition coefficient (Wildman–Crippen LogP) is 2.82. The van der Waals surface area contributed by atoms with E-state index in [-0.39, 0.29) is 17.8 Å². The predicted molar refractivity (Wildman–Crippen MR) is 81.2 cm³/mol. The van der Waals surface area contributed by atoms with Gasteiger partial charge in [0.1, 0.15) is 11.6 Å². The molecule has 1 atom stereocenters. The van der Waals surface area contributed by atoms with Gasteiger partial charge in [-0.2, -0.15) is 0 Å². The van der Waals surface area contributed by atoms with Crippen molar-refractivity contribution in [3.63, 3.8) is 0 Å². The number of carbonyl (C=O) groups is 1. The molecule has 1 fully saturated rings. The van der Waals surface area contributed by atoms with Crippen LogP contribution in [0.5, 0.6) is 0 Å². The normalized spacial score (nSPS) is 18.5. The van der Waals surface area contributed by atoms with E-state index in [4.69, 9.17) is 4.42 Å². The lowest BCUT2D eigenvalue weighted by molar-refractivity contribution is 0.0599. The molecule has 1 aliphatic rings. The Bertz CT molecular complexity index is 696. The van der Waals surface area contributed by atoms with E-state index in [9.17, 15) is 9.18 Å². The summed E-state index contributed by atoms with van der Waals surface area (Å²) in [5.41, 5.74) is 1.63. The molecule has 3 rings (SSSR count). The van der Waals surface area contributed by atoms with Crippen molar-refractivity contribution in [3.8, 4) is 0 Å². The number of hydrogen-bond donors (Lipinski definition) is 1. The Hall–Kier alpha value is -2.14. The van der Waals surface area contributed by atoms with E-state index < -0.39 is 0 Å². The number of aryl methyl sites for hydroxylation is 2. The summed E-state index contributed by atoms with van der Waals surface area (Å²) < 4.78 is 19.0. The molecule has 1 unspecified atom stereocenters. The molecule has 22 heavy (non-hydrogen) atoms. The van der Waals surface area contributed by atoms with Crippen molar-refractivity contribution in [2.45, 2.75) is 19.9 Å². The minimum absolute atomic E-state index is 0.138. The van der Waals surface area contributed by atoms with Crippen molar-refractivity contribution in [2.24, 2.45) is 0 Å². The third-order valence-electron chi connectivity index (χ3n) is 3.97. The van der Waals surface area contributed by atoms with Gasteiger partial charge in [0.25, 0.3) is 5.91 Å². The van der Waals surface area contributed by atoms with Gasteiger partial charge in [-0.15, -0.1) is 0 Å². The molecule has 1 aromatic carbocycles. The topological polar surface area (TPSA) is 45.5 Å². The van der Waals surface area contributed by atoms with Crippen LogP contribution < -0.4 is 5.32 Å². The van der Waals surface area contributed by atoms with E-state index in [1.165, 1.54) is 12.1 Å². The number of piperazine rings is 1. The lowest BCUT2D eigenvalue weighted by Crippen LogP contribution is -2.48. The quantitative estimate of drug-likeness (QED) is 0.928. The Morgan fingerprint density at radius 2 is 2.18 bits per heavy atom. The fraction of sp³-hybridized carbons (Fsp3) is 0.353. The zero-order chi connectivity index (χ0) is 15.7. The van der Waals surface area contributed by atoms with Crippen LogP contribution in [0.15, 0.2) is 34.7 Å². The number of amides is 1. The van der Waals surface area contributed by atoms with Crippen LogP contribution in [-0.4, -0.2) is 30.4 Å². The summed E-state index contributed by atoms with van der Waals surface area (Å²) in [7, 11) is 0. The lowest BCUT2D eigenvalue weighted by Gasteiger charge is -2.36. The second kappa shape index (κ2) is 5.93. The number of halogens is 1. The molecule has 4 nitrogen and oxygen atoms in total. The van der Waals surface area contributed by atoms with E-state index in [1.807, 2.05) is 26.0 Å². The number of hydrogen-bond acceptors (Lipinski definition) is 3. The Kier molecular flexibility index (Phi) is 3.98. The molecule has 0 aliphatic carbocycles. The van der Waals surface area contributed by atoms with Crippen molar-refractivity contribution in [1.29, 1.82) is 0 Å². The molecule has 1 amide bonds. The van der Waals surface area contributed by atoms with Gasteiger partial charge in [0.15, 0.2) is 5.76 Å². The summed E-state index contributed by atoms with van der Waals surface area (Å²) in [5, 5.41) is 3.26. The van der Waals surface area contributed by atoms with E-state index in [2.05, 4.69) is 5.32 Å². The third-order valence-corrected chi connectivity index (χ3v) is 3.97. The van der Waals surface area contributed by atoms with Crippen molar-refractivity contribution < 1.29 is 13.6 Å². The number of rotatable bonds is 2. The Morgan fingerprint density at radius 3 is 2.86 bits per heavy atom. The molecule has 1 aromatic heterocycles. The highest BCUT2D eigenvalue weighted by atomic mass is 19.1. The zero-order valence-corrected chi connectivity index (χ0v) is 12.7. The second-order valence-electron chi connectivity index (χ2n) is 5.64. The molecule has 0 spiro atoms. The monoisotopic (exact) mass is 302 g/mol. The van der Waals surface area contributed by atoms with E-state index >= 15 is 0 Å². The average Bonchev–Trinajstić information content (AvgIpc) is 2.85. The molecular weight excluding hydrogens is 283 g/mol. The summed E-state index contributed by atoms with van der Waals surface area (Å²) in [6, 6.07) is 8.07. The first-order valence-electron chi connectivity index (χ1n) is 7.40. The van der Waals surface area contributed by atoms with E-state index in [1.54, 1.807) is 11.0 Å². The van der Waals surface area contributed by atoms with Crippen molar-refractivity contribution in [3.05, 3.63) is 58.8 Å². The summed E-state index contributed by atoms with van der Waals surface area (Å²) in [4.78, 5) is 14.6. The van der Waals surface area contributed by atoms with Crippen LogP contribution in [0.4, 0.5) is 4.39 Å². The van der Waals surface area contributed by atoms with Crippen LogP contribution in [0.3, 0.4) is 0 Å². The van der Waals surface area contributed by atoms with Gasteiger partial charge in [-0.25, -0.2) is 4.39 Å². The van der Waals surface area contributed by atoms with Crippen LogP contribution in [0.25, 0.3) is 0 Å². The highest BCUT2D eigenvalue weighted by Gasteiger charge is 2.31. The number of nitrogens with zero attached hydrogens (tertiary/aromatic N) is 1. The molecule has 1 saturated heterocycles. The van der Waals surface area contributed by atoms with Gasteiger partial charge in [0.05, 0.1) is 6.04 Å². The highest BCUT2D eigenvalue weighted by Crippen LogP contribution is 2.26. The summed E-state index contributed by atoms with van der Waals surface area (Å²) in [5.74, 6) is 0.668. The Labute approximate surface area is 128 Å². The van der Waals surface area contributed by atoms with Gasteiger partial charge in [-0.1, -0.05) is 12.1 Å². The number of carbonyl (C=O) groups excluding carboxylic acids is 1. The molecule has 0 bridgehead atoms. The van der Waals surface area contributed by atoms with Gasteiger partial charge >= 0.3 is 0 Å². The summed E-state index contributed by atoms with van der Waals surface area (Å²) in [6.45, 7) is 5.58. The number of furan rings is 1. The van der Waals surface area contributed by atoms with Crippen molar-refractivity contribution in [1.82, 2.24) is 10.2 Å². The third kappa shape index (κ3) is 2.76. The lowest BCUT2D eigenvalue weighted by atomic mass is 10.0. The van der Waals surface area contributed by atoms with Crippen LogP contribution in [0, 0.1) is 19.7 Å². The zero-order valence-electron chi connectivity index (χ0n) is 12.7. The van der Waals surface area contributed by atoms with Gasteiger partial charge in [0.2, 0.25) is 0 Å². The van der Waals surface area contributed by atoms with Crippen molar-refractivity contribution in [2.75, 3.05) is 19.6 Å². The maximum atomic E-state index is 13.5. The minimum Gasteiger partial charge on any atom is -0.456 e. The number of benzene rings is 1. The molecular formula is C17H19FN2O2. The Balaban J connectivity index is 1.92. The summed E-state index contributed by atoms with van der Waals surface area (Å²) in [6.07, 6.45) is 0. The SMILES string of the molecule is Cc1cc(C)c(C(=O)N2CCNCC2c2cccc(F)c2)o1. The van der Waals surface area contributed by atoms with Crippen molar-refractivity contribution >= 4 is 5.91 Å². The molecule has 5 heteroatoms. The number of nitrogens with one attached hydrogen (secondary N) is 1. The largest absolute Gasteiger partial charge is 0.456 e. The van der Waals surface area contributed by atoms with Gasteiger partial charge in [-0.3, -0.25) is 4.79 Å². The molecule has 1 N–H and O–H groups in total. The van der Waals surface area contributed by atoms with Gasteiger partial charge in [0, 0.05) is 25.2 Å². The van der Waals surface area contributed by atoms with Crippen LogP contribution in [0.1, 0.15) is 33.5 Å². The Morgan fingerprint density at radius 1 is 1.36 bits per heavy atom. The molecule has 1 aliphatic heterocycles. The maximum absolute atomic E-state index is 13.5. The summed E-state index contributed by atoms with van der Waals surface area (Å²) >= 11 is 0. The smallest absolute Gasteiger partial charge is 0.290 e. The fourth-order valence-corrected chi connectivity index (χ4v) is 2.94. The van der Waals surface area contributed by atoms with Gasteiger partial charge < -0.3 is 14.6 Å². The first kappa shape index (κ1) is 14.8. The highest BCUT2D eigenvalue weighted by molar-refractivity contribution is 5.93. The molecule has 116 valence electrons. The van der Waals surface area contributed by atoms with Crippen LogP contribution in [-0.2, 0) is 0 Å².